The summed E-state index contributed by atoms with van der Waals surface area (Å²) in [6, 6.07) is 43.2. The smallest absolute Gasteiger partial charge is 0.188 e. The molecule has 2 aliphatic rings. The van der Waals surface area contributed by atoms with Gasteiger partial charge < -0.3 is 13.9 Å². The lowest BCUT2D eigenvalue weighted by Crippen LogP contribution is -2.32. The van der Waals surface area contributed by atoms with E-state index in [1.165, 1.54) is 0 Å². The van der Waals surface area contributed by atoms with E-state index < -0.39 is 5.41 Å². The van der Waals surface area contributed by atoms with Crippen LogP contribution in [0.1, 0.15) is 22.3 Å². The average Bonchev–Trinajstić information content (AvgIpc) is 3.87. The Morgan fingerprint density at radius 2 is 1.16 bits per heavy atom. The summed E-state index contributed by atoms with van der Waals surface area (Å²) in [5.41, 5.74) is 11.8. The number of rotatable bonds is 2. The number of para-hydroxylation sites is 2. The quantitative estimate of drug-likeness (QED) is 0.167. The first-order valence-corrected chi connectivity index (χ1v) is 18.2. The maximum Gasteiger partial charge on any atom is 0.188 e. The van der Waals surface area contributed by atoms with E-state index in [-0.39, 0.29) is 0 Å². The molecule has 0 saturated heterocycles. The normalized spacial score (nSPS) is 15.0. The van der Waals surface area contributed by atoms with Gasteiger partial charge in [0.05, 0.1) is 70.1 Å². The van der Waals surface area contributed by atoms with Gasteiger partial charge in [-0.2, -0.15) is 0 Å². The molecule has 0 amide bonds. The van der Waals surface area contributed by atoms with Crippen molar-refractivity contribution in [2.75, 3.05) is 0 Å². The molecule has 10 aromatic rings. The number of nitrogens with zero attached hydrogens (tertiary/aromatic N) is 7. The minimum absolute atomic E-state index is 0.546. The first-order valence-electron chi connectivity index (χ1n) is 18.2. The molecule has 1 aliphatic carbocycles. The van der Waals surface area contributed by atoms with Crippen LogP contribution in [0.2, 0.25) is 0 Å². The molecule has 8 heteroatoms. The van der Waals surface area contributed by atoms with Gasteiger partial charge in [0, 0.05) is 51.6 Å². The third-order valence-electron chi connectivity index (χ3n) is 11.6. The van der Waals surface area contributed by atoms with Crippen LogP contribution < -0.4 is 4.74 Å². The van der Waals surface area contributed by atoms with E-state index in [2.05, 4.69) is 96.6 Å². The number of benzene rings is 5. The molecule has 12 rings (SSSR count). The molecule has 5 aromatic heterocycles. The van der Waals surface area contributed by atoms with Crippen molar-refractivity contribution in [2.24, 2.45) is 0 Å². The maximum atomic E-state index is 7.72. The lowest BCUT2D eigenvalue weighted by atomic mass is 9.66. The van der Waals surface area contributed by atoms with Crippen LogP contribution in [0, 0.1) is 13.1 Å². The van der Waals surface area contributed by atoms with Crippen LogP contribution in [0.5, 0.6) is 11.5 Å². The van der Waals surface area contributed by atoms with E-state index in [0.717, 1.165) is 100 Å². The first kappa shape index (κ1) is 30.4. The molecule has 0 fully saturated rings. The topological polar surface area (TPSA) is 66.5 Å². The summed E-state index contributed by atoms with van der Waals surface area (Å²) in [5.74, 6) is 1.52. The van der Waals surface area contributed by atoms with Crippen LogP contribution in [0.4, 0.5) is 11.4 Å². The third kappa shape index (κ3) is 3.81. The molecule has 0 N–H and O–H groups in total. The Hall–Kier alpha value is -8.07. The molecule has 0 saturated carbocycles. The third-order valence-corrected chi connectivity index (χ3v) is 11.6. The Labute approximate surface area is 319 Å². The Kier molecular flexibility index (Phi) is 5.96. The van der Waals surface area contributed by atoms with Crippen LogP contribution >= 0.6 is 0 Å². The lowest BCUT2D eigenvalue weighted by Gasteiger charge is -2.39. The average molecular weight is 716 g/mol. The van der Waals surface area contributed by atoms with E-state index in [1.807, 2.05) is 79.4 Å². The van der Waals surface area contributed by atoms with E-state index >= 15 is 0 Å². The van der Waals surface area contributed by atoms with Gasteiger partial charge >= 0.3 is 0 Å². The molecule has 5 aromatic carbocycles. The van der Waals surface area contributed by atoms with Gasteiger partial charge in [0.1, 0.15) is 11.5 Å². The van der Waals surface area contributed by atoms with Gasteiger partial charge in [-0.15, -0.1) is 0 Å². The van der Waals surface area contributed by atoms with E-state index in [4.69, 9.17) is 27.8 Å². The minimum atomic E-state index is -0.805. The monoisotopic (exact) mass is 715 g/mol. The second-order valence-electron chi connectivity index (χ2n) is 14.2. The first-order chi connectivity index (χ1) is 27.7. The standard InChI is InChI=1S/C48H25N7O/c1-49-28-13-17-41-34(22-28)35-23-29(50-2)14-18-42(35)55(41)31-24-39-47(53-26-31)46-38(10-7-20-52-46)48(39)36-9-4-6-12-44(36)56-45-25-30(15-16-37(45)48)54-40-11-5-3-8-32(40)33-19-21-51-27-43(33)54/h3-27H. The fraction of sp³-hybridized carbons (Fsp3) is 0.0208. The highest BCUT2D eigenvalue weighted by molar-refractivity contribution is 6.12. The van der Waals surface area contributed by atoms with Crippen molar-refractivity contribution in [3.8, 4) is 34.3 Å². The molecule has 1 atom stereocenters. The van der Waals surface area contributed by atoms with Gasteiger partial charge in [0.25, 0.3) is 0 Å². The number of fused-ring (bicyclic) bond motifs is 15. The van der Waals surface area contributed by atoms with Gasteiger partial charge in [0.15, 0.2) is 11.4 Å². The van der Waals surface area contributed by atoms with Gasteiger partial charge in [-0.1, -0.05) is 60.7 Å². The number of ether oxygens (including phenoxy) is 1. The summed E-state index contributed by atoms with van der Waals surface area (Å²) in [7, 11) is 0. The summed E-state index contributed by atoms with van der Waals surface area (Å²) in [5, 5.41) is 4.12. The molecule has 0 radical (unpaired) electrons. The van der Waals surface area contributed by atoms with Crippen molar-refractivity contribution in [3.05, 3.63) is 197 Å². The zero-order valence-electron chi connectivity index (χ0n) is 29.5. The summed E-state index contributed by atoms with van der Waals surface area (Å²) in [6.45, 7) is 15.4. The number of hydrogen-bond acceptors (Lipinski definition) is 4. The highest BCUT2D eigenvalue weighted by Crippen LogP contribution is 2.61. The van der Waals surface area contributed by atoms with Gasteiger partial charge in [-0.3, -0.25) is 15.0 Å². The lowest BCUT2D eigenvalue weighted by molar-refractivity contribution is 0.436. The number of pyridine rings is 3. The van der Waals surface area contributed by atoms with Crippen LogP contribution in [-0.4, -0.2) is 24.1 Å². The Balaban J connectivity index is 1.15. The zero-order chi connectivity index (χ0) is 37.1. The summed E-state index contributed by atoms with van der Waals surface area (Å²) in [6.07, 6.45) is 7.51. The van der Waals surface area contributed by atoms with Crippen molar-refractivity contribution >= 4 is 55.0 Å². The molecule has 1 spiro atoms. The maximum absolute atomic E-state index is 7.72. The molecule has 1 aliphatic heterocycles. The van der Waals surface area contributed by atoms with E-state index in [9.17, 15) is 0 Å². The summed E-state index contributed by atoms with van der Waals surface area (Å²) in [4.78, 5) is 22.1. The zero-order valence-corrected chi connectivity index (χ0v) is 29.5. The highest BCUT2D eigenvalue weighted by Gasteiger charge is 2.52. The molecular weight excluding hydrogens is 691 g/mol. The second-order valence-corrected chi connectivity index (χ2v) is 14.2. The Morgan fingerprint density at radius 3 is 1.98 bits per heavy atom. The van der Waals surface area contributed by atoms with Crippen molar-refractivity contribution in [3.63, 3.8) is 0 Å². The van der Waals surface area contributed by atoms with Crippen molar-refractivity contribution in [1.29, 1.82) is 0 Å². The van der Waals surface area contributed by atoms with Crippen molar-refractivity contribution in [1.82, 2.24) is 24.1 Å². The van der Waals surface area contributed by atoms with Gasteiger partial charge in [-0.25, -0.2) is 9.69 Å². The number of aromatic nitrogens is 5. The number of hydrogen-bond donors (Lipinski definition) is 0. The van der Waals surface area contributed by atoms with Crippen LogP contribution in [-0.2, 0) is 5.41 Å². The fourth-order valence-electron chi connectivity index (χ4n) is 9.36. The molecule has 1 unspecified atom stereocenters. The predicted octanol–water partition coefficient (Wildman–Crippen LogP) is 11.6. The highest BCUT2D eigenvalue weighted by atomic mass is 16.5. The van der Waals surface area contributed by atoms with E-state index in [0.29, 0.717) is 11.4 Å². The fourth-order valence-corrected chi connectivity index (χ4v) is 9.36. The second kappa shape index (κ2) is 11.0. The Morgan fingerprint density at radius 1 is 0.482 bits per heavy atom. The van der Waals surface area contributed by atoms with Crippen LogP contribution in [0.3, 0.4) is 0 Å². The van der Waals surface area contributed by atoms with Gasteiger partial charge in [-0.05, 0) is 77.0 Å². The van der Waals surface area contributed by atoms with Crippen LogP contribution in [0.25, 0.3) is 76.1 Å². The minimum Gasteiger partial charge on any atom is -0.457 e. The Bertz CT molecular complexity index is 3330. The van der Waals surface area contributed by atoms with Crippen molar-refractivity contribution < 1.29 is 4.74 Å². The summed E-state index contributed by atoms with van der Waals surface area (Å²) >= 11 is 0. The largest absolute Gasteiger partial charge is 0.457 e. The van der Waals surface area contributed by atoms with Gasteiger partial charge in [0.2, 0.25) is 0 Å². The summed E-state index contributed by atoms with van der Waals surface area (Å²) < 4.78 is 11.3. The van der Waals surface area contributed by atoms with Crippen molar-refractivity contribution in [2.45, 2.75) is 5.41 Å². The molecule has 0 bridgehead atoms. The van der Waals surface area contributed by atoms with Crippen LogP contribution in [0.15, 0.2) is 152 Å². The molecule has 258 valence electrons. The SMILES string of the molecule is [C-]#[N+]c1ccc2c(c1)c1cc([N+]#[C-])ccc1n2-c1cnc2c(c1)C1(c3ccccc3Oc3cc(-n4c5ccccc5c5ccncc54)ccc31)c1cccnc1-2. The predicted molar refractivity (Wildman–Crippen MR) is 218 cm³/mol. The molecular formula is C48H25N7O. The molecule has 8 nitrogen and oxygen atoms in total. The molecule has 6 heterocycles. The molecule has 56 heavy (non-hydrogen) atoms. The van der Waals surface area contributed by atoms with E-state index in [1.54, 1.807) is 0 Å².